The second kappa shape index (κ2) is 7.93. The van der Waals surface area contributed by atoms with E-state index in [1.54, 1.807) is 6.07 Å². The van der Waals surface area contributed by atoms with Crippen LogP contribution in [0.1, 0.15) is 42.6 Å². The number of aliphatic hydroxyl groups excluding tert-OH is 1. The van der Waals surface area contributed by atoms with Gasteiger partial charge in [0.25, 0.3) is 0 Å². The summed E-state index contributed by atoms with van der Waals surface area (Å²) in [6.45, 7) is 6.29. The Balaban J connectivity index is 1.73. The van der Waals surface area contributed by atoms with Gasteiger partial charge in [-0.15, -0.1) is 0 Å². The predicted octanol–water partition coefficient (Wildman–Crippen LogP) is 3.34. The van der Waals surface area contributed by atoms with Crippen molar-refractivity contribution in [3.05, 3.63) is 59.2 Å². The number of hydrogen-bond donors (Lipinski definition) is 2. The van der Waals surface area contributed by atoms with E-state index in [0.29, 0.717) is 6.54 Å². The average molecular weight is 343 g/mol. The Bertz CT molecular complexity index is 697. The van der Waals surface area contributed by atoms with Gasteiger partial charge < -0.3 is 15.3 Å². The normalized spacial score (nSPS) is 16.9. The Hall–Kier alpha value is -1.98. The quantitative estimate of drug-likeness (QED) is 0.874. The number of hydrogen-bond acceptors (Lipinski definition) is 4. The van der Waals surface area contributed by atoms with Crippen molar-refractivity contribution in [3.8, 4) is 0 Å². The molecule has 2 N–H and O–H groups in total. The molecular formula is C20H26FN3O. The number of nitrogens with zero attached hydrogens (tertiary/aromatic N) is 2. The SMILES string of the molecule is Cc1ccc(CNC(C)c2cc(F)ccc2N2CCC(O)CC2)nc1. The van der Waals surface area contributed by atoms with Crippen molar-refractivity contribution in [1.29, 1.82) is 0 Å². The van der Waals surface area contributed by atoms with Crippen LogP contribution in [0.25, 0.3) is 0 Å². The van der Waals surface area contributed by atoms with Crippen molar-refractivity contribution in [2.75, 3.05) is 18.0 Å². The van der Waals surface area contributed by atoms with Gasteiger partial charge in [0.15, 0.2) is 0 Å². The minimum Gasteiger partial charge on any atom is -0.393 e. The van der Waals surface area contributed by atoms with Gasteiger partial charge in [0.2, 0.25) is 0 Å². The molecule has 1 aromatic carbocycles. The van der Waals surface area contributed by atoms with Gasteiger partial charge in [-0.05, 0) is 62.1 Å². The fourth-order valence-electron chi connectivity index (χ4n) is 3.24. The van der Waals surface area contributed by atoms with E-state index >= 15 is 0 Å². The van der Waals surface area contributed by atoms with E-state index in [1.807, 2.05) is 38.2 Å². The zero-order valence-corrected chi connectivity index (χ0v) is 14.9. The fraction of sp³-hybridized carbons (Fsp3) is 0.450. The van der Waals surface area contributed by atoms with Gasteiger partial charge in [0, 0.05) is 37.6 Å². The summed E-state index contributed by atoms with van der Waals surface area (Å²) in [6, 6.07) is 9.03. The van der Waals surface area contributed by atoms with Gasteiger partial charge in [-0.2, -0.15) is 0 Å². The van der Waals surface area contributed by atoms with E-state index in [0.717, 1.165) is 48.4 Å². The zero-order valence-electron chi connectivity index (χ0n) is 14.9. The summed E-state index contributed by atoms with van der Waals surface area (Å²) in [5.74, 6) is -0.224. The van der Waals surface area contributed by atoms with Crippen molar-refractivity contribution < 1.29 is 9.50 Å². The maximum absolute atomic E-state index is 13.8. The Morgan fingerprint density at radius 1 is 1.28 bits per heavy atom. The first-order chi connectivity index (χ1) is 12.0. The lowest BCUT2D eigenvalue weighted by molar-refractivity contribution is 0.145. The summed E-state index contributed by atoms with van der Waals surface area (Å²) in [4.78, 5) is 6.65. The Morgan fingerprint density at radius 3 is 2.72 bits per heavy atom. The Morgan fingerprint density at radius 2 is 2.04 bits per heavy atom. The van der Waals surface area contributed by atoms with Crippen LogP contribution in [0, 0.1) is 12.7 Å². The molecule has 2 aromatic rings. The van der Waals surface area contributed by atoms with Crippen LogP contribution in [0.5, 0.6) is 0 Å². The number of rotatable bonds is 5. The predicted molar refractivity (Wildman–Crippen MR) is 98.1 cm³/mol. The largest absolute Gasteiger partial charge is 0.393 e. The molecule has 1 aliphatic rings. The van der Waals surface area contributed by atoms with E-state index in [1.165, 1.54) is 6.07 Å². The maximum Gasteiger partial charge on any atom is 0.123 e. The first-order valence-electron chi connectivity index (χ1n) is 8.90. The number of pyridine rings is 1. The first kappa shape index (κ1) is 17.8. The third kappa shape index (κ3) is 4.55. The van der Waals surface area contributed by atoms with E-state index in [2.05, 4.69) is 15.2 Å². The summed E-state index contributed by atoms with van der Waals surface area (Å²) in [6.07, 6.45) is 3.15. The topological polar surface area (TPSA) is 48.4 Å². The summed E-state index contributed by atoms with van der Waals surface area (Å²) < 4.78 is 13.8. The molecule has 5 heteroatoms. The molecule has 134 valence electrons. The summed E-state index contributed by atoms with van der Waals surface area (Å²) in [7, 11) is 0. The van der Waals surface area contributed by atoms with Gasteiger partial charge >= 0.3 is 0 Å². The summed E-state index contributed by atoms with van der Waals surface area (Å²) in [5.41, 5.74) is 4.10. The number of piperidine rings is 1. The van der Waals surface area contributed by atoms with Crippen LogP contribution in [0.4, 0.5) is 10.1 Å². The number of aryl methyl sites for hydroxylation is 1. The Kier molecular flexibility index (Phi) is 5.66. The third-order valence-corrected chi connectivity index (χ3v) is 4.82. The molecule has 3 rings (SSSR count). The van der Waals surface area contributed by atoms with Gasteiger partial charge in [-0.3, -0.25) is 4.98 Å². The molecule has 1 unspecified atom stereocenters. The van der Waals surface area contributed by atoms with E-state index in [4.69, 9.17) is 0 Å². The van der Waals surface area contributed by atoms with Crippen molar-refractivity contribution in [3.63, 3.8) is 0 Å². The summed E-state index contributed by atoms with van der Waals surface area (Å²) >= 11 is 0. The molecule has 2 heterocycles. The van der Waals surface area contributed by atoms with Crippen LogP contribution in [-0.4, -0.2) is 29.3 Å². The second-order valence-corrected chi connectivity index (χ2v) is 6.85. The highest BCUT2D eigenvalue weighted by molar-refractivity contribution is 5.55. The number of aromatic nitrogens is 1. The molecule has 0 aliphatic carbocycles. The fourth-order valence-corrected chi connectivity index (χ4v) is 3.24. The standard InChI is InChI=1S/C20H26FN3O/c1-14-3-5-17(23-12-14)13-22-15(2)19-11-16(21)4-6-20(19)24-9-7-18(25)8-10-24/h3-6,11-12,15,18,22,25H,7-10,13H2,1-2H3. The number of aliphatic hydroxyl groups is 1. The van der Waals surface area contributed by atoms with Gasteiger partial charge in [-0.25, -0.2) is 4.39 Å². The van der Waals surface area contributed by atoms with E-state index in [9.17, 15) is 9.50 Å². The van der Waals surface area contributed by atoms with Crippen LogP contribution in [-0.2, 0) is 6.54 Å². The molecule has 0 radical (unpaired) electrons. The van der Waals surface area contributed by atoms with Crippen molar-refractivity contribution >= 4 is 5.69 Å². The molecule has 0 saturated carbocycles. The number of benzene rings is 1. The third-order valence-electron chi connectivity index (χ3n) is 4.82. The average Bonchev–Trinajstić information content (AvgIpc) is 2.62. The first-order valence-corrected chi connectivity index (χ1v) is 8.90. The van der Waals surface area contributed by atoms with Crippen molar-refractivity contribution in [1.82, 2.24) is 10.3 Å². The molecule has 0 bridgehead atoms. The highest BCUT2D eigenvalue weighted by atomic mass is 19.1. The highest BCUT2D eigenvalue weighted by Gasteiger charge is 2.21. The smallest absolute Gasteiger partial charge is 0.123 e. The van der Waals surface area contributed by atoms with E-state index < -0.39 is 0 Å². The van der Waals surface area contributed by atoms with Gasteiger partial charge in [0.1, 0.15) is 5.82 Å². The molecule has 1 fully saturated rings. The van der Waals surface area contributed by atoms with Gasteiger partial charge in [-0.1, -0.05) is 6.07 Å². The molecule has 0 spiro atoms. The minimum absolute atomic E-state index is 0.000605. The van der Waals surface area contributed by atoms with Crippen LogP contribution in [0.2, 0.25) is 0 Å². The monoisotopic (exact) mass is 343 g/mol. The van der Waals surface area contributed by atoms with Crippen LogP contribution >= 0.6 is 0 Å². The molecule has 0 amide bonds. The maximum atomic E-state index is 13.8. The lowest BCUT2D eigenvalue weighted by atomic mass is 10.0. The van der Waals surface area contributed by atoms with Crippen molar-refractivity contribution in [2.24, 2.45) is 0 Å². The van der Waals surface area contributed by atoms with Crippen LogP contribution < -0.4 is 10.2 Å². The molecule has 4 nitrogen and oxygen atoms in total. The zero-order chi connectivity index (χ0) is 17.8. The number of halogens is 1. The van der Waals surface area contributed by atoms with Crippen LogP contribution in [0.3, 0.4) is 0 Å². The molecule has 1 saturated heterocycles. The molecule has 25 heavy (non-hydrogen) atoms. The molecule has 1 aromatic heterocycles. The van der Waals surface area contributed by atoms with Crippen LogP contribution in [0.15, 0.2) is 36.5 Å². The number of nitrogens with one attached hydrogen (secondary N) is 1. The minimum atomic E-state index is -0.224. The lowest BCUT2D eigenvalue weighted by Crippen LogP contribution is -2.37. The second-order valence-electron chi connectivity index (χ2n) is 6.85. The van der Waals surface area contributed by atoms with Gasteiger partial charge in [0.05, 0.1) is 11.8 Å². The number of anilines is 1. The molecular weight excluding hydrogens is 317 g/mol. The Labute approximate surface area is 148 Å². The summed E-state index contributed by atoms with van der Waals surface area (Å²) in [5, 5.41) is 13.2. The lowest BCUT2D eigenvalue weighted by Gasteiger charge is -2.34. The van der Waals surface area contributed by atoms with E-state index in [-0.39, 0.29) is 18.0 Å². The molecule has 1 atom stereocenters. The van der Waals surface area contributed by atoms with Crippen molar-refractivity contribution in [2.45, 2.75) is 45.4 Å². The highest BCUT2D eigenvalue weighted by Crippen LogP contribution is 2.29. The molecule has 1 aliphatic heterocycles.